The van der Waals surface area contributed by atoms with Crippen LogP contribution in [0.1, 0.15) is 33.1 Å². The largest absolute Gasteiger partial charge is 0.481 e. The molecule has 0 aromatic rings. The van der Waals surface area contributed by atoms with Crippen LogP contribution in [0.3, 0.4) is 0 Å². The molecule has 0 aliphatic heterocycles. The lowest BCUT2D eigenvalue weighted by Crippen LogP contribution is -2.28. The zero-order valence-corrected chi connectivity index (χ0v) is 7.97. The Balaban J connectivity index is 3.38. The number of carboxylic acids is 1. The SMILES string of the molecule is CCCCNCC(CC)C(=O)O. The van der Waals surface area contributed by atoms with Crippen LogP contribution in [0.4, 0.5) is 0 Å². The minimum atomic E-state index is -0.693. The molecule has 0 heterocycles. The normalized spacial score (nSPS) is 12.8. The number of hydrogen-bond donors (Lipinski definition) is 2. The first-order valence-electron chi connectivity index (χ1n) is 4.65. The summed E-state index contributed by atoms with van der Waals surface area (Å²) in [5, 5.41) is 11.8. The van der Waals surface area contributed by atoms with E-state index in [0.29, 0.717) is 13.0 Å². The number of rotatable bonds is 7. The highest BCUT2D eigenvalue weighted by molar-refractivity contribution is 5.70. The summed E-state index contributed by atoms with van der Waals surface area (Å²) in [6.45, 7) is 5.56. The molecule has 1 unspecified atom stereocenters. The number of hydrogen-bond acceptors (Lipinski definition) is 2. The first kappa shape index (κ1) is 11.4. The van der Waals surface area contributed by atoms with Crippen LogP contribution in [0.5, 0.6) is 0 Å². The zero-order valence-electron chi connectivity index (χ0n) is 7.97. The lowest BCUT2D eigenvalue weighted by Gasteiger charge is -2.09. The van der Waals surface area contributed by atoms with Gasteiger partial charge in [-0.3, -0.25) is 4.79 Å². The van der Waals surface area contributed by atoms with Gasteiger partial charge in [0.15, 0.2) is 0 Å². The maximum absolute atomic E-state index is 10.6. The van der Waals surface area contributed by atoms with Crippen molar-refractivity contribution in [2.75, 3.05) is 13.1 Å². The van der Waals surface area contributed by atoms with E-state index in [9.17, 15) is 4.79 Å². The summed E-state index contributed by atoms with van der Waals surface area (Å²) in [5.41, 5.74) is 0. The molecule has 0 bridgehead atoms. The van der Waals surface area contributed by atoms with Gasteiger partial charge in [-0.15, -0.1) is 0 Å². The predicted molar refractivity (Wildman–Crippen MR) is 49.2 cm³/mol. The third-order valence-corrected chi connectivity index (χ3v) is 1.94. The summed E-state index contributed by atoms with van der Waals surface area (Å²) in [6.07, 6.45) is 2.97. The average molecular weight is 173 g/mol. The molecule has 1 atom stereocenters. The minimum absolute atomic E-state index is 0.221. The Labute approximate surface area is 74.2 Å². The fourth-order valence-electron chi connectivity index (χ4n) is 0.984. The van der Waals surface area contributed by atoms with Gasteiger partial charge in [0.1, 0.15) is 0 Å². The molecule has 0 aliphatic rings. The van der Waals surface area contributed by atoms with Crippen LogP contribution in [-0.2, 0) is 4.79 Å². The van der Waals surface area contributed by atoms with E-state index in [-0.39, 0.29) is 5.92 Å². The van der Waals surface area contributed by atoms with Gasteiger partial charge in [0.25, 0.3) is 0 Å². The van der Waals surface area contributed by atoms with E-state index < -0.39 is 5.97 Å². The molecule has 0 spiro atoms. The highest BCUT2D eigenvalue weighted by Crippen LogP contribution is 2.00. The molecule has 3 nitrogen and oxygen atoms in total. The maximum Gasteiger partial charge on any atom is 0.307 e. The summed E-state index contributed by atoms with van der Waals surface area (Å²) in [7, 11) is 0. The monoisotopic (exact) mass is 173 g/mol. The summed E-state index contributed by atoms with van der Waals surface area (Å²) in [4.78, 5) is 10.6. The number of carboxylic acid groups (broad SMARTS) is 1. The number of aliphatic carboxylic acids is 1. The summed E-state index contributed by atoms with van der Waals surface area (Å²) in [6, 6.07) is 0. The molecule has 0 radical (unpaired) electrons. The molecule has 0 aromatic heterocycles. The molecule has 0 aliphatic carbocycles. The molecule has 12 heavy (non-hydrogen) atoms. The van der Waals surface area contributed by atoms with Gasteiger partial charge in [0.2, 0.25) is 0 Å². The van der Waals surface area contributed by atoms with Crippen LogP contribution in [0.2, 0.25) is 0 Å². The van der Waals surface area contributed by atoms with E-state index in [1.165, 1.54) is 0 Å². The van der Waals surface area contributed by atoms with Crippen molar-refractivity contribution in [3.05, 3.63) is 0 Å². The number of nitrogens with one attached hydrogen (secondary N) is 1. The van der Waals surface area contributed by atoms with Crippen LogP contribution < -0.4 is 5.32 Å². The number of carbonyl (C=O) groups is 1. The Kier molecular flexibility index (Phi) is 6.76. The molecule has 0 saturated carbocycles. The van der Waals surface area contributed by atoms with Gasteiger partial charge in [-0.2, -0.15) is 0 Å². The van der Waals surface area contributed by atoms with Crippen molar-refractivity contribution < 1.29 is 9.90 Å². The van der Waals surface area contributed by atoms with Crippen molar-refractivity contribution in [1.29, 1.82) is 0 Å². The van der Waals surface area contributed by atoms with Crippen molar-refractivity contribution in [2.24, 2.45) is 5.92 Å². The lowest BCUT2D eigenvalue weighted by atomic mass is 10.1. The Morgan fingerprint density at radius 1 is 1.50 bits per heavy atom. The molecule has 0 aromatic carbocycles. The van der Waals surface area contributed by atoms with Gasteiger partial charge in [0, 0.05) is 6.54 Å². The standard InChI is InChI=1S/C9H19NO2/c1-3-5-6-10-7-8(4-2)9(11)12/h8,10H,3-7H2,1-2H3,(H,11,12). The van der Waals surface area contributed by atoms with Gasteiger partial charge >= 0.3 is 5.97 Å². The second kappa shape index (κ2) is 7.10. The van der Waals surface area contributed by atoms with E-state index in [0.717, 1.165) is 19.4 Å². The first-order valence-corrected chi connectivity index (χ1v) is 4.65. The van der Waals surface area contributed by atoms with E-state index in [1.54, 1.807) is 0 Å². The highest BCUT2D eigenvalue weighted by atomic mass is 16.4. The smallest absolute Gasteiger partial charge is 0.307 e. The third-order valence-electron chi connectivity index (χ3n) is 1.94. The highest BCUT2D eigenvalue weighted by Gasteiger charge is 2.13. The topological polar surface area (TPSA) is 49.3 Å². The van der Waals surface area contributed by atoms with Gasteiger partial charge in [-0.1, -0.05) is 20.3 Å². The van der Waals surface area contributed by atoms with E-state index in [2.05, 4.69) is 12.2 Å². The number of unbranched alkanes of at least 4 members (excludes halogenated alkanes) is 1. The van der Waals surface area contributed by atoms with Crippen molar-refractivity contribution in [3.8, 4) is 0 Å². The fraction of sp³-hybridized carbons (Fsp3) is 0.889. The Hall–Kier alpha value is -0.570. The molecule has 3 heteroatoms. The minimum Gasteiger partial charge on any atom is -0.481 e. The van der Waals surface area contributed by atoms with E-state index in [4.69, 9.17) is 5.11 Å². The van der Waals surface area contributed by atoms with Gasteiger partial charge in [-0.05, 0) is 19.4 Å². The molecule has 0 fully saturated rings. The Morgan fingerprint density at radius 3 is 2.58 bits per heavy atom. The van der Waals surface area contributed by atoms with Crippen molar-refractivity contribution >= 4 is 5.97 Å². The van der Waals surface area contributed by atoms with E-state index >= 15 is 0 Å². The molecule has 2 N–H and O–H groups in total. The van der Waals surface area contributed by atoms with Crippen LogP contribution in [0, 0.1) is 5.92 Å². The quantitative estimate of drug-likeness (QED) is 0.573. The second-order valence-corrected chi connectivity index (χ2v) is 3.00. The van der Waals surface area contributed by atoms with E-state index in [1.807, 2.05) is 6.92 Å². The third kappa shape index (κ3) is 5.13. The zero-order chi connectivity index (χ0) is 9.40. The fourth-order valence-corrected chi connectivity index (χ4v) is 0.984. The van der Waals surface area contributed by atoms with Gasteiger partial charge in [-0.25, -0.2) is 0 Å². The second-order valence-electron chi connectivity index (χ2n) is 3.00. The Bertz CT molecular complexity index is 126. The molecular weight excluding hydrogens is 154 g/mol. The van der Waals surface area contributed by atoms with Gasteiger partial charge in [0.05, 0.1) is 5.92 Å². The first-order chi connectivity index (χ1) is 5.72. The van der Waals surface area contributed by atoms with Crippen molar-refractivity contribution in [3.63, 3.8) is 0 Å². The molecule has 72 valence electrons. The Morgan fingerprint density at radius 2 is 2.17 bits per heavy atom. The maximum atomic E-state index is 10.6. The van der Waals surface area contributed by atoms with Crippen molar-refractivity contribution in [1.82, 2.24) is 5.32 Å². The van der Waals surface area contributed by atoms with Crippen molar-refractivity contribution in [2.45, 2.75) is 33.1 Å². The van der Waals surface area contributed by atoms with Crippen LogP contribution in [-0.4, -0.2) is 24.2 Å². The summed E-state index contributed by atoms with van der Waals surface area (Å²) >= 11 is 0. The summed E-state index contributed by atoms with van der Waals surface area (Å²) in [5.74, 6) is -0.914. The summed E-state index contributed by atoms with van der Waals surface area (Å²) < 4.78 is 0. The van der Waals surface area contributed by atoms with Crippen LogP contribution in [0.25, 0.3) is 0 Å². The molecule has 0 saturated heterocycles. The molecule has 0 amide bonds. The van der Waals surface area contributed by atoms with Gasteiger partial charge < -0.3 is 10.4 Å². The molecular formula is C9H19NO2. The van der Waals surface area contributed by atoms with Crippen LogP contribution >= 0.6 is 0 Å². The average Bonchev–Trinajstić information content (AvgIpc) is 2.04. The van der Waals surface area contributed by atoms with Crippen LogP contribution in [0.15, 0.2) is 0 Å². The molecule has 0 rings (SSSR count). The lowest BCUT2D eigenvalue weighted by molar-refractivity contribution is -0.141. The predicted octanol–water partition coefficient (Wildman–Crippen LogP) is 1.49.